The maximum atomic E-state index is 13.3. The third kappa shape index (κ3) is 6.20. The van der Waals surface area contributed by atoms with E-state index in [0.29, 0.717) is 23.1 Å². The summed E-state index contributed by atoms with van der Waals surface area (Å²) in [4.78, 5) is 21.2. The minimum Gasteiger partial charge on any atom is -0.340 e. The van der Waals surface area contributed by atoms with Gasteiger partial charge in [0, 0.05) is 34.5 Å². The molecule has 0 bridgehead atoms. The highest BCUT2D eigenvalue weighted by Gasteiger charge is 2.07. The molecule has 3 aromatic carbocycles. The van der Waals surface area contributed by atoms with Crippen LogP contribution in [0.25, 0.3) is 0 Å². The highest BCUT2D eigenvalue weighted by molar-refractivity contribution is 6.31. The van der Waals surface area contributed by atoms with Gasteiger partial charge in [-0.3, -0.25) is 0 Å². The Morgan fingerprint density at radius 3 is 2.06 bits per heavy atom. The molecule has 0 spiro atoms. The number of aryl methyl sites for hydroxylation is 2. The first-order valence-electron chi connectivity index (χ1n) is 10.4. The second kappa shape index (κ2) is 10.2. The summed E-state index contributed by atoms with van der Waals surface area (Å²) in [6.07, 6.45) is 0. The van der Waals surface area contributed by atoms with E-state index in [1.54, 1.807) is 24.3 Å². The van der Waals surface area contributed by atoms with E-state index in [2.05, 4.69) is 31.2 Å². The fourth-order valence-electron chi connectivity index (χ4n) is 3.11. The zero-order chi connectivity index (χ0) is 24.1. The van der Waals surface area contributed by atoms with Crippen LogP contribution in [0.2, 0.25) is 5.02 Å². The van der Waals surface area contributed by atoms with Gasteiger partial charge in [-0.05, 0) is 68.4 Å². The van der Waals surface area contributed by atoms with E-state index in [0.717, 1.165) is 17.1 Å². The number of anilines is 6. The van der Waals surface area contributed by atoms with Gasteiger partial charge in [-0.25, -0.2) is 14.2 Å². The maximum Gasteiger partial charge on any atom is 0.323 e. The van der Waals surface area contributed by atoms with Crippen molar-refractivity contribution in [1.82, 2.24) is 9.97 Å². The fraction of sp³-hybridized carbons (Fsp3) is 0.0800. The van der Waals surface area contributed by atoms with Gasteiger partial charge in [0.1, 0.15) is 11.6 Å². The Kier molecular flexibility index (Phi) is 6.89. The number of amides is 2. The van der Waals surface area contributed by atoms with E-state index in [-0.39, 0.29) is 5.02 Å². The van der Waals surface area contributed by atoms with Gasteiger partial charge < -0.3 is 21.3 Å². The summed E-state index contributed by atoms with van der Waals surface area (Å²) in [6.45, 7) is 3.93. The summed E-state index contributed by atoms with van der Waals surface area (Å²) >= 11 is 5.74. The Labute approximate surface area is 201 Å². The van der Waals surface area contributed by atoms with Crippen molar-refractivity contribution in [3.63, 3.8) is 0 Å². The van der Waals surface area contributed by atoms with Crippen molar-refractivity contribution in [2.45, 2.75) is 13.8 Å². The summed E-state index contributed by atoms with van der Waals surface area (Å²) in [6, 6.07) is 20.5. The van der Waals surface area contributed by atoms with Crippen LogP contribution in [0.5, 0.6) is 0 Å². The van der Waals surface area contributed by atoms with E-state index < -0.39 is 11.8 Å². The summed E-state index contributed by atoms with van der Waals surface area (Å²) in [7, 11) is 0. The van der Waals surface area contributed by atoms with E-state index in [9.17, 15) is 9.18 Å². The van der Waals surface area contributed by atoms with Crippen molar-refractivity contribution in [1.29, 1.82) is 0 Å². The van der Waals surface area contributed by atoms with Gasteiger partial charge in [0.25, 0.3) is 0 Å². The zero-order valence-corrected chi connectivity index (χ0v) is 19.2. The summed E-state index contributed by atoms with van der Waals surface area (Å²) in [5, 5.41) is 11.7. The number of hydrogen-bond acceptors (Lipinski definition) is 5. The fourth-order valence-corrected chi connectivity index (χ4v) is 3.29. The average molecular weight is 477 g/mol. The predicted octanol–water partition coefficient (Wildman–Crippen LogP) is 7.02. The number of aromatic nitrogens is 2. The van der Waals surface area contributed by atoms with Crippen LogP contribution >= 0.6 is 11.6 Å². The van der Waals surface area contributed by atoms with Crippen LogP contribution in [0.4, 0.5) is 43.7 Å². The quantitative estimate of drug-likeness (QED) is 0.240. The number of hydrogen-bond donors (Lipinski definition) is 4. The number of urea groups is 1. The molecule has 4 aromatic rings. The number of nitrogens with one attached hydrogen (secondary N) is 4. The standard InChI is InChI=1S/C25H22ClFN6O/c1-15-3-5-17(6-4-15)29-23-13-16(2)28-24(33-23)30-18-7-9-19(10-8-18)31-25(34)32-20-11-12-22(27)21(26)14-20/h3-14H,1-2H3,(H2,31,32,34)(H2,28,29,30,33). The molecular formula is C25H22ClFN6O. The first-order chi connectivity index (χ1) is 16.3. The van der Waals surface area contributed by atoms with Crippen LogP contribution in [0.1, 0.15) is 11.3 Å². The van der Waals surface area contributed by atoms with Crippen LogP contribution in [-0.2, 0) is 0 Å². The topological polar surface area (TPSA) is 91.0 Å². The van der Waals surface area contributed by atoms with E-state index in [4.69, 9.17) is 11.6 Å². The van der Waals surface area contributed by atoms with Crippen LogP contribution < -0.4 is 21.3 Å². The van der Waals surface area contributed by atoms with Crippen molar-refractivity contribution in [3.8, 4) is 0 Å². The van der Waals surface area contributed by atoms with Crippen LogP contribution in [0, 0.1) is 19.7 Å². The van der Waals surface area contributed by atoms with Gasteiger partial charge in [0.05, 0.1) is 5.02 Å². The number of carbonyl (C=O) groups is 1. The highest BCUT2D eigenvalue weighted by Crippen LogP contribution is 2.22. The van der Waals surface area contributed by atoms with Gasteiger partial charge in [-0.2, -0.15) is 4.98 Å². The highest BCUT2D eigenvalue weighted by atomic mass is 35.5. The molecule has 9 heteroatoms. The molecule has 0 saturated heterocycles. The average Bonchev–Trinajstić information content (AvgIpc) is 2.79. The lowest BCUT2D eigenvalue weighted by molar-refractivity contribution is 0.262. The molecule has 7 nitrogen and oxygen atoms in total. The van der Waals surface area contributed by atoms with Gasteiger partial charge >= 0.3 is 6.03 Å². The molecule has 0 saturated carbocycles. The first kappa shape index (κ1) is 23.0. The minimum atomic E-state index is -0.550. The van der Waals surface area contributed by atoms with Crippen molar-refractivity contribution in [2.75, 3.05) is 21.3 Å². The zero-order valence-electron chi connectivity index (χ0n) is 18.5. The Hall–Kier alpha value is -4.17. The lowest BCUT2D eigenvalue weighted by Crippen LogP contribution is -2.19. The third-order valence-electron chi connectivity index (χ3n) is 4.75. The largest absolute Gasteiger partial charge is 0.340 e. The molecule has 1 heterocycles. The molecule has 0 atom stereocenters. The maximum absolute atomic E-state index is 13.3. The predicted molar refractivity (Wildman–Crippen MR) is 135 cm³/mol. The molecule has 2 amide bonds. The molecule has 0 fully saturated rings. The number of benzene rings is 3. The van der Waals surface area contributed by atoms with Crippen molar-refractivity contribution in [3.05, 3.63) is 94.9 Å². The normalized spacial score (nSPS) is 10.5. The van der Waals surface area contributed by atoms with Gasteiger partial charge in [-0.1, -0.05) is 29.3 Å². The third-order valence-corrected chi connectivity index (χ3v) is 5.04. The van der Waals surface area contributed by atoms with Gasteiger partial charge in [0.15, 0.2) is 0 Å². The minimum absolute atomic E-state index is 0.0659. The molecule has 0 unspecified atom stereocenters. The van der Waals surface area contributed by atoms with E-state index >= 15 is 0 Å². The molecule has 1 aromatic heterocycles. The lowest BCUT2D eigenvalue weighted by Gasteiger charge is -2.11. The number of rotatable bonds is 6. The molecule has 4 N–H and O–H groups in total. The van der Waals surface area contributed by atoms with Crippen LogP contribution in [0.15, 0.2) is 72.8 Å². The van der Waals surface area contributed by atoms with Crippen molar-refractivity contribution >= 4 is 52.1 Å². The molecule has 172 valence electrons. The Bertz CT molecular complexity index is 1310. The van der Waals surface area contributed by atoms with Crippen LogP contribution in [0.3, 0.4) is 0 Å². The summed E-state index contributed by atoms with van der Waals surface area (Å²) in [5.74, 6) is 0.572. The van der Waals surface area contributed by atoms with Gasteiger partial charge in [-0.15, -0.1) is 0 Å². The van der Waals surface area contributed by atoms with Crippen LogP contribution in [-0.4, -0.2) is 16.0 Å². The lowest BCUT2D eigenvalue weighted by atomic mass is 10.2. The molecule has 0 aliphatic heterocycles. The Balaban J connectivity index is 1.38. The smallest absolute Gasteiger partial charge is 0.323 e. The summed E-state index contributed by atoms with van der Waals surface area (Å²) < 4.78 is 13.3. The Morgan fingerprint density at radius 1 is 0.765 bits per heavy atom. The number of nitrogens with zero attached hydrogens (tertiary/aromatic N) is 2. The van der Waals surface area contributed by atoms with Gasteiger partial charge in [0.2, 0.25) is 5.95 Å². The monoisotopic (exact) mass is 476 g/mol. The first-order valence-corrected chi connectivity index (χ1v) is 10.8. The SMILES string of the molecule is Cc1ccc(Nc2cc(C)nc(Nc3ccc(NC(=O)Nc4ccc(F)c(Cl)c4)cc3)n2)cc1. The molecule has 34 heavy (non-hydrogen) atoms. The van der Waals surface area contributed by atoms with E-state index in [1.165, 1.54) is 23.8 Å². The Morgan fingerprint density at radius 2 is 1.35 bits per heavy atom. The van der Waals surface area contributed by atoms with E-state index in [1.807, 2.05) is 44.2 Å². The van der Waals surface area contributed by atoms with Crippen molar-refractivity contribution in [2.24, 2.45) is 0 Å². The number of halogens is 2. The number of carbonyl (C=O) groups excluding carboxylic acids is 1. The van der Waals surface area contributed by atoms with Crippen molar-refractivity contribution < 1.29 is 9.18 Å². The second-order valence-electron chi connectivity index (χ2n) is 7.62. The molecule has 0 aliphatic rings. The molecule has 0 aliphatic carbocycles. The molecule has 0 radical (unpaired) electrons. The summed E-state index contributed by atoms with van der Waals surface area (Å²) in [5.41, 5.74) is 4.64. The molecule has 4 rings (SSSR count). The molecular weight excluding hydrogens is 455 g/mol. The second-order valence-corrected chi connectivity index (χ2v) is 8.03.